The Labute approximate surface area is 146 Å². The van der Waals surface area contributed by atoms with Crippen LogP contribution in [0.2, 0.25) is 0 Å². The Hall–Kier alpha value is -2.71. The van der Waals surface area contributed by atoms with Gasteiger partial charge in [-0.05, 0) is 32.3 Å². The van der Waals surface area contributed by atoms with Crippen LogP contribution in [0.15, 0.2) is 12.5 Å². The summed E-state index contributed by atoms with van der Waals surface area (Å²) in [6.45, 7) is 5.50. The zero-order valence-corrected chi connectivity index (χ0v) is 14.8. The van der Waals surface area contributed by atoms with Crippen molar-refractivity contribution < 1.29 is 9.53 Å². The first-order valence-electron chi connectivity index (χ1n) is 8.44. The molecule has 1 aliphatic rings. The van der Waals surface area contributed by atoms with Crippen LogP contribution in [0.25, 0.3) is 11.5 Å². The van der Waals surface area contributed by atoms with E-state index in [4.69, 9.17) is 4.74 Å². The molecule has 3 heterocycles. The molecule has 0 aliphatic carbocycles. The Bertz CT molecular complexity index is 738. The highest BCUT2D eigenvalue weighted by Gasteiger charge is 2.24. The number of nitrogens with zero attached hydrogens (tertiary/aromatic N) is 6. The number of piperidine rings is 1. The highest BCUT2D eigenvalue weighted by atomic mass is 16.6. The first kappa shape index (κ1) is 17.1. The van der Waals surface area contributed by atoms with Gasteiger partial charge in [0.1, 0.15) is 12.0 Å². The Kier molecular flexibility index (Phi) is 5.11. The lowest BCUT2D eigenvalue weighted by molar-refractivity contribution is 0.0983. The number of hydrogen-bond donors (Lipinski definition) is 1. The van der Waals surface area contributed by atoms with Crippen LogP contribution in [0.4, 0.5) is 10.7 Å². The summed E-state index contributed by atoms with van der Waals surface area (Å²) in [6.07, 6.45) is 4.71. The van der Waals surface area contributed by atoms with E-state index in [1.165, 1.54) is 6.33 Å². The minimum atomic E-state index is -0.239. The van der Waals surface area contributed by atoms with Crippen molar-refractivity contribution in [3.63, 3.8) is 0 Å². The average Bonchev–Trinajstić information content (AvgIpc) is 3.03. The number of ether oxygens (including phenoxy) is 1. The Morgan fingerprint density at radius 3 is 2.76 bits per heavy atom. The van der Waals surface area contributed by atoms with Crippen LogP contribution < -0.4 is 5.32 Å². The summed E-state index contributed by atoms with van der Waals surface area (Å²) < 4.78 is 6.73. The zero-order chi connectivity index (χ0) is 17.8. The van der Waals surface area contributed by atoms with Gasteiger partial charge in [0, 0.05) is 32.4 Å². The molecule has 1 aliphatic heterocycles. The molecular weight excluding hydrogens is 322 g/mol. The normalized spacial score (nSPS) is 15.2. The van der Waals surface area contributed by atoms with E-state index >= 15 is 0 Å². The van der Waals surface area contributed by atoms with Gasteiger partial charge in [0.25, 0.3) is 0 Å². The molecule has 134 valence electrons. The van der Waals surface area contributed by atoms with E-state index in [0.717, 1.165) is 24.1 Å². The minimum absolute atomic E-state index is 0.223. The number of amides is 1. The fourth-order valence-electron chi connectivity index (χ4n) is 2.85. The second-order valence-electron chi connectivity index (χ2n) is 6.04. The molecule has 0 spiro atoms. The van der Waals surface area contributed by atoms with Gasteiger partial charge in [-0.25, -0.2) is 24.4 Å². The van der Waals surface area contributed by atoms with Crippen molar-refractivity contribution in [2.24, 2.45) is 7.05 Å². The molecule has 1 fully saturated rings. The number of nitrogens with one attached hydrogen (secondary N) is 1. The van der Waals surface area contributed by atoms with Gasteiger partial charge in [0.05, 0.1) is 6.61 Å². The SMILES string of the molecule is CCOC(=O)N1CCC(Nc2ncc(C)c(-c3ncnn3C)n2)CC1. The molecule has 0 atom stereocenters. The van der Waals surface area contributed by atoms with Gasteiger partial charge in [0.15, 0.2) is 5.82 Å². The molecular formula is C16H23N7O2. The van der Waals surface area contributed by atoms with E-state index in [2.05, 4.69) is 25.4 Å². The summed E-state index contributed by atoms with van der Waals surface area (Å²) in [5, 5.41) is 7.46. The lowest BCUT2D eigenvalue weighted by Crippen LogP contribution is -2.42. The van der Waals surface area contributed by atoms with Crippen LogP contribution in [0.5, 0.6) is 0 Å². The topological polar surface area (TPSA) is 98.1 Å². The number of carbonyl (C=O) groups is 1. The molecule has 9 heteroatoms. The minimum Gasteiger partial charge on any atom is -0.450 e. The molecule has 0 unspecified atom stereocenters. The predicted molar refractivity (Wildman–Crippen MR) is 92.0 cm³/mol. The van der Waals surface area contributed by atoms with E-state index in [0.29, 0.717) is 31.5 Å². The number of rotatable bonds is 4. The number of aromatic nitrogens is 5. The largest absolute Gasteiger partial charge is 0.450 e. The maximum Gasteiger partial charge on any atom is 0.409 e. The third-order valence-electron chi connectivity index (χ3n) is 4.25. The van der Waals surface area contributed by atoms with Crippen molar-refractivity contribution in [3.8, 4) is 11.5 Å². The lowest BCUT2D eigenvalue weighted by atomic mass is 10.1. The Balaban J connectivity index is 1.65. The van der Waals surface area contributed by atoms with Crippen LogP contribution >= 0.6 is 0 Å². The summed E-state index contributed by atoms with van der Waals surface area (Å²) in [5.74, 6) is 1.28. The molecule has 3 rings (SSSR count). The van der Waals surface area contributed by atoms with Crippen LogP contribution in [0, 0.1) is 6.92 Å². The van der Waals surface area contributed by atoms with Gasteiger partial charge >= 0.3 is 6.09 Å². The molecule has 0 saturated carbocycles. The van der Waals surface area contributed by atoms with Crippen molar-refractivity contribution in [3.05, 3.63) is 18.1 Å². The Morgan fingerprint density at radius 1 is 1.36 bits per heavy atom. The van der Waals surface area contributed by atoms with Gasteiger partial charge in [0.2, 0.25) is 5.95 Å². The van der Waals surface area contributed by atoms with Gasteiger partial charge in [-0.15, -0.1) is 0 Å². The first-order chi connectivity index (χ1) is 12.1. The molecule has 9 nitrogen and oxygen atoms in total. The molecule has 0 bridgehead atoms. The van der Waals surface area contributed by atoms with Crippen molar-refractivity contribution >= 4 is 12.0 Å². The number of aryl methyl sites for hydroxylation is 2. The van der Waals surface area contributed by atoms with Crippen LogP contribution in [-0.4, -0.2) is 61.5 Å². The maximum absolute atomic E-state index is 11.8. The van der Waals surface area contributed by atoms with Crippen LogP contribution in [-0.2, 0) is 11.8 Å². The molecule has 2 aromatic rings. The molecule has 0 radical (unpaired) electrons. The van der Waals surface area contributed by atoms with E-state index in [9.17, 15) is 4.79 Å². The molecule has 1 saturated heterocycles. The Morgan fingerprint density at radius 2 is 2.12 bits per heavy atom. The number of carbonyl (C=O) groups excluding carboxylic acids is 1. The summed E-state index contributed by atoms with van der Waals surface area (Å²) >= 11 is 0. The van der Waals surface area contributed by atoms with Crippen molar-refractivity contribution in [2.45, 2.75) is 32.7 Å². The van der Waals surface area contributed by atoms with Gasteiger partial charge in [-0.2, -0.15) is 5.10 Å². The second-order valence-corrected chi connectivity index (χ2v) is 6.04. The number of anilines is 1. The van der Waals surface area contributed by atoms with E-state index in [1.54, 1.807) is 15.8 Å². The molecule has 1 N–H and O–H groups in total. The number of likely N-dealkylation sites (tertiary alicyclic amines) is 1. The molecule has 0 aromatic carbocycles. The highest BCUT2D eigenvalue weighted by molar-refractivity contribution is 5.67. The summed E-state index contributed by atoms with van der Waals surface area (Å²) in [5.41, 5.74) is 1.71. The van der Waals surface area contributed by atoms with E-state index < -0.39 is 0 Å². The van der Waals surface area contributed by atoms with Crippen molar-refractivity contribution in [1.82, 2.24) is 29.6 Å². The van der Waals surface area contributed by atoms with Crippen LogP contribution in [0.1, 0.15) is 25.3 Å². The smallest absolute Gasteiger partial charge is 0.409 e. The fourth-order valence-corrected chi connectivity index (χ4v) is 2.85. The zero-order valence-electron chi connectivity index (χ0n) is 14.8. The monoisotopic (exact) mass is 345 g/mol. The highest BCUT2D eigenvalue weighted by Crippen LogP contribution is 2.20. The maximum atomic E-state index is 11.8. The van der Waals surface area contributed by atoms with Crippen LogP contribution in [0.3, 0.4) is 0 Å². The third kappa shape index (κ3) is 3.86. The first-order valence-corrected chi connectivity index (χ1v) is 8.44. The number of hydrogen-bond acceptors (Lipinski definition) is 7. The molecule has 25 heavy (non-hydrogen) atoms. The fraction of sp³-hybridized carbons (Fsp3) is 0.562. The summed E-state index contributed by atoms with van der Waals surface area (Å²) in [7, 11) is 1.84. The molecule has 2 aromatic heterocycles. The lowest BCUT2D eigenvalue weighted by Gasteiger charge is -2.31. The predicted octanol–water partition coefficient (Wildman–Crippen LogP) is 1.61. The second kappa shape index (κ2) is 7.45. The average molecular weight is 345 g/mol. The van der Waals surface area contributed by atoms with E-state index in [1.807, 2.05) is 20.9 Å². The van der Waals surface area contributed by atoms with Gasteiger partial charge in [-0.1, -0.05) is 0 Å². The summed E-state index contributed by atoms with van der Waals surface area (Å²) in [4.78, 5) is 26.7. The quantitative estimate of drug-likeness (QED) is 0.899. The third-order valence-corrected chi connectivity index (χ3v) is 4.25. The standard InChI is InChI=1S/C16H23N7O2/c1-4-25-16(24)23-7-5-12(6-8-23)20-15-17-9-11(2)13(21-15)14-18-10-19-22(14)3/h9-10,12H,4-8H2,1-3H3,(H,17,20,21). The summed E-state index contributed by atoms with van der Waals surface area (Å²) in [6, 6.07) is 0.223. The van der Waals surface area contributed by atoms with Gasteiger partial charge in [-0.3, -0.25) is 0 Å². The van der Waals surface area contributed by atoms with Crippen molar-refractivity contribution in [2.75, 3.05) is 25.0 Å². The van der Waals surface area contributed by atoms with Crippen molar-refractivity contribution in [1.29, 1.82) is 0 Å². The van der Waals surface area contributed by atoms with Gasteiger partial charge < -0.3 is 15.0 Å². The van der Waals surface area contributed by atoms with E-state index in [-0.39, 0.29) is 12.1 Å². The molecule has 1 amide bonds.